The second-order valence-electron chi connectivity index (χ2n) is 10.6. The number of pyridine rings is 2. The van der Waals surface area contributed by atoms with Gasteiger partial charge in [0.1, 0.15) is 22.4 Å². The fourth-order valence-electron chi connectivity index (χ4n) is 5.06. The Balaban J connectivity index is 1.46. The average Bonchev–Trinajstić information content (AvgIpc) is 3.43. The zero-order valence-corrected chi connectivity index (χ0v) is 20.0. The zero-order valence-electron chi connectivity index (χ0n) is 20.0. The highest BCUT2D eigenvalue weighted by atomic mass is 19.1. The highest BCUT2D eigenvalue weighted by Crippen LogP contribution is 2.42. The SMILES string of the molecule is CC(C)(C)OC(=O)NCC12CN(c3nc4c(cc3F)c(=O)c(C(=O)O)cn4C3CC3)CC1CCO2. The summed E-state index contributed by atoms with van der Waals surface area (Å²) in [6.07, 6.45) is 3.20. The molecule has 2 N–H and O–H groups in total. The molecule has 2 aliphatic heterocycles. The Morgan fingerprint density at radius 1 is 1.34 bits per heavy atom. The minimum absolute atomic E-state index is 0.0349. The number of halogens is 1. The zero-order chi connectivity index (χ0) is 25.1. The number of amides is 1. The fourth-order valence-corrected chi connectivity index (χ4v) is 5.06. The maximum absolute atomic E-state index is 15.3. The van der Waals surface area contributed by atoms with Gasteiger partial charge in [0.05, 0.1) is 18.5 Å². The van der Waals surface area contributed by atoms with Gasteiger partial charge in [-0.05, 0) is 46.1 Å². The molecule has 2 atom stereocenters. The van der Waals surface area contributed by atoms with Crippen molar-refractivity contribution in [3.8, 4) is 0 Å². The molecule has 2 unspecified atom stereocenters. The van der Waals surface area contributed by atoms with Crippen LogP contribution in [0.15, 0.2) is 17.1 Å². The summed E-state index contributed by atoms with van der Waals surface area (Å²) in [6, 6.07) is 1.12. The fraction of sp³-hybridized carbons (Fsp3) is 0.583. The van der Waals surface area contributed by atoms with Gasteiger partial charge in [-0.25, -0.2) is 19.0 Å². The van der Waals surface area contributed by atoms with Crippen LogP contribution in [0.2, 0.25) is 0 Å². The molecule has 10 nitrogen and oxygen atoms in total. The third-order valence-electron chi connectivity index (χ3n) is 6.84. The van der Waals surface area contributed by atoms with E-state index in [4.69, 9.17) is 9.47 Å². The van der Waals surface area contributed by atoms with Gasteiger partial charge in [-0.2, -0.15) is 0 Å². The number of ether oxygens (including phenoxy) is 2. The molecule has 1 amide bonds. The molecule has 0 bridgehead atoms. The number of hydrogen-bond donors (Lipinski definition) is 2. The smallest absolute Gasteiger partial charge is 0.407 e. The standard InChI is InChI=1S/C24H29FN4O6/c1-23(2,3)35-22(33)26-11-24-12-28(9-13(24)6-7-34-24)20-17(25)8-15-18(30)16(21(31)32)10-29(14-4-5-14)19(15)27-20/h8,10,13-14H,4-7,9,11-12H2,1-3H3,(H,26,33)(H,31,32). The molecule has 4 heterocycles. The second kappa shape index (κ2) is 8.18. The number of fused-ring (bicyclic) bond motifs is 2. The van der Waals surface area contributed by atoms with Gasteiger partial charge in [0.25, 0.3) is 0 Å². The number of rotatable bonds is 5. The number of carbonyl (C=O) groups is 2. The van der Waals surface area contributed by atoms with Gasteiger partial charge in [-0.1, -0.05) is 0 Å². The molecule has 0 radical (unpaired) electrons. The topological polar surface area (TPSA) is 123 Å². The van der Waals surface area contributed by atoms with E-state index in [1.165, 1.54) is 6.20 Å². The molecule has 1 saturated carbocycles. The molecule has 5 rings (SSSR count). The number of nitrogens with one attached hydrogen (secondary N) is 1. The first-order valence-electron chi connectivity index (χ1n) is 11.8. The van der Waals surface area contributed by atoms with E-state index in [1.807, 2.05) is 0 Å². The third kappa shape index (κ3) is 4.33. The van der Waals surface area contributed by atoms with E-state index in [1.54, 1.807) is 30.2 Å². The van der Waals surface area contributed by atoms with Crippen LogP contribution >= 0.6 is 0 Å². The van der Waals surface area contributed by atoms with Crippen molar-refractivity contribution in [1.82, 2.24) is 14.9 Å². The number of aromatic carboxylic acids is 1. The first-order chi connectivity index (χ1) is 16.5. The minimum atomic E-state index is -1.35. The summed E-state index contributed by atoms with van der Waals surface area (Å²) in [5, 5.41) is 12.2. The van der Waals surface area contributed by atoms with Gasteiger partial charge in [0.15, 0.2) is 11.6 Å². The lowest BCUT2D eigenvalue weighted by atomic mass is 9.91. The van der Waals surface area contributed by atoms with Gasteiger partial charge >= 0.3 is 12.1 Å². The lowest BCUT2D eigenvalue weighted by molar-refractivity contribution is -0.000295. The average molecular weight is 489 g/mol. The molecule has 3 aliphatic rings. The molecular formula is C24H29FN4O6. The van der Waals surface area contributed by atoms with Crippen LogP contribution in [0.4, 0.5) is 15.0 Å². The number of aromatic nitrogens is 2. The molecule has 188 valence electrons. The van der Waals surface area contributed by atoms with Crippen LogP contribution in [-0.2, 0) is 9.47 Å². The van der Waals surface area contributed by atoms with Crippen molar-refractivity contribution in [3.05, 3.63) is 33.9 Å². The Kier molecular flexibility index (Phi) is 5.50. The lowest BCUT2D eigenvalue weighted by Crippen LogP contribution is -2.49. The van der Waals surface area contributed by atoms with Crippen LogP contribution in [0.3, 0.4) is 0 Å². The molecule has 2 aromatic rings. The molecule has 2 aromatic heterocycles. The predicted molar refractivity (Wildman–Crippen MR) is 124 cm³/mol. The Hall–Kier alpha value is -3.21. The summed E-state index contributed by atoms with van der Waals surface area (Å²) in [7, 11) is 0. The molecule has 1 aliphatic carbocycles. The summed E-state index contributed by atoms with van der Waals surface area (Å²) in [4.78, 5) is 42.8. The second-order valence-corrected chi connectivity index (χ2v) is 10.6. The van der Waals surface area contributed by atoms with Crippen molar-refractivity contribution in [1.29, 1.82) is 0 Å². The quantitative estimate of drug-likeness (QED) is 0.659. The van der Waals surface area contributed by atoms with Crippen LogP contribution in [0.1, 0.15) is 56.4 Å². The van der Waals surface area contributed by atoms with E-state index < -0.39 is 40.1 Å². The number of carbonyl (C=O) groups excluding carboxylic acids is 1. The number of alkyl carbamates (subject to hydrolysis) is 1. The highest BCUT2D eigenvalue weighted by molar-refractivity contribution is 5.92. The van der Waals surface area contributed by atoms with Gasteiger partial charge < -0.3 is 29.4 Å². The number of anilines is 1. The van der Waals surface area contributed by atoms with Gasteiger partial charge in [0, 0.05) is 31.3 Å². The van der Waals surface area contributed by atoms with Gasteiger partial charge in [-0.15, -0.1) is 0 Å². The summed E-state index contributed by atoms with van der Waals surface area (Å²) >= 11 is 0. The maximum atomic E-state index is 15.3. The molecule has 0 aromatic carbocycles. The van der Waals surface area contributed by atoms with Crippen molar-refractivity contribution < 1.29 is 28.6 Å². The number of nitrogens with zero attached hydrogens (tertiary/aromatic N) is 3. The van der Waals surface area contributed by atoms with E-state index in [9.17, 15) is 19.5 Å². The first kappa shape index (κ1) is 23.5. The molecular weight excluding hydrogens is 459 g/mol. The summed E-state index contributed by atoms with van der Waals surface area (Å²) in [5.74, 6) is -1.91. The molecule has 2 saturated heterocycles. The lowest BCUT2D eigenvalue weighted by Gasteiger charge is -2.29. The van der Waals surface area contributed by atoms with E-state index in [0.29, 0.717) is 19.7 Å². The van der Waals surface area contributed by atoms with Crippen LogP contribution in [0.5, 0.6) is 0 Å². The van der Waals surface area contributed by atoms with Crippen LogP contribution in [-0.4, -0.2) is 64.2 Å². The molecule has 3 fully saturated rings. The summed E-state index contributed by atoms with van der Waals surface area (Å²) in [6.45, 7) is 6.90. The Labute approximate surface area is 201 Å². The van der Waals surface area contributed by atoms with Crippen molar-refractivity contribution in [2.75, 3.05) is 31.1 Å². The van der Waals surface area contributed by atoms with E-state index in [-0.39, 0.29) is 35.4 Å². The number of carboxylic acids is 1. The highest BCUT2D eigenvalue weighted by Gasteiger charge is 2.52. The molecule has 0 spiro atoms. The molecule has 35 heavy (non-hydrogen) atoms. The maximum Gasteiger partial charge on any atom is 0.407 e. The monoisotopic (exact) mass is 488 g/mol. The van der Waals surface area contributed by atoms with E-state index in [0.717, 1.165) is 25.3 Å². The minimum Gasteiger partial charge on any atom is -0.477 e. The van der Waals surface area contributed by atoms with Crippen molar-refractivity contribution in [2.24, 2.45) is 5.92 Å². The predicted octanol–water partition coefficient (Wildman–Crippen LogP) is 2.69. The summed E-state index contributed by atoms with van der Waals surface area (Å²) < 4.78 is 28.4. The van der Waals surface area contributed by atoms with E-state index >= 15 is 4.39 Å². The van der Waals surface area contributed by atoms with Crippen molar-refractivity contribution >= 4 is 28.9 Å². The Bertz CT molecular complexity index is 1270. The molecule has 11 heteroatoms. The van der Waals surface area contributed by atoms with Crippen molar-refractivity contribution in [3.63, 3.8) is 0 Å². The van der Waals surface area contributed by atoms with Crippen LogP contribution in [0, 0.1) is 11.7 Å². The van der Waals surface area contributed by atoms with Gasteiger partial charge in [-0.3, -0.25) is 4.79 Å². The van der Waals surface area contributed by atoms with Crippen LogP contribution in [0.25, 0.3) is 11.0 Å². The number of carboxylic acid groups (broad SMARTS) is 1. The van der Waals surface area contributed by atoms with Crippen molar-refractivity contribution in [2.45, 2.75) is 57.3 Å². The normalized spacial score (nSPS) is 24.0. The largest absolute Gasteiger partial charge is 0.477 e. The Morgan fingerprint density at radius 3 is 2.74 bits per heavy atom. The van der Waals surface area contributed by atoms with Crippen LogP contribution < -0.4 is 15.6 Å². The Morgan fingerprint density at radius 2 is 2.09 bits per heavy atom. The first-order valence-corrected chi connectivity index (χ1v) is 11.8. The number of hydrogen-bond acceptors (Lipinski definition) is 7. The van der Waals surface area contributed by atoms with E-state index in [2.05, 4.69) is 10.3 Å². The summed E-state index contributed by atoms with van der Waals surface area (Å²) in [5.41, 5.74) is -2.20. The van der Waals surface area contributed by atoms with Gasteiger partial charge in [0.2, 0.25) is 5.43 Å². The third-order valence-corrected chi connectivity index (χ3v) is 6.84.